The molecule has 0 saturated heterocycles. The number of thioether (sulfide) groups is 1. The number of Topliss-reactive ketones (excluding diaryl/α,β-unsaturated/α-hetero) is 2. The van der Waals surface area contributed by atoms with E-state index in [1.54, 1.807) is 44.4 Å². The highest BCUT2D eigenvalue weighted by molar-refractivity contribution is 8.72. The number of ketones is 2. The molecule has 1 aromatic carbocycles. The molecule has 43 heavy (non-hydrogen) atoms. The van der Waals surface area contributed by atoms with Gasteiger partial charge >= 0.3 is 5.97 Å². The fourth-order valence-electron chi connectivity index (χ4n) is 3.12. The molecular weight excluding hydrogens is 794 g/mol. The largest absolute Gasteiger partial charge is 0.481 e. The lowest BCUT2D eigenvalue weighted by Crippen LogP contribution is -2.28. The first-order valence-electron chi connectivity index (χ1n) is 11.7. The van der Waals surface area contributed by atoms with Crippen LogP contribution in [-0.4, -0.2) is 76.1 Å². The molecule has 0 saturated carbocycles. The van der Waals surface area contributed by atoms with Gasteiger partial charge in [-0.2, -0.15) is 0 Å². The third kappa shape index (κ3) is 13.5. The van der Waals surface area contributed by atoms with Gasteiger partial charge in [-0.25, -0.2) is 8.42 Å². The molecule has 0 bridgehead atoms. The fourth-order valence-corrected chi connectivity index (χ4v) is 19.3. The van der Waals surface area contributed by atoms with Crippen LogP contribution in [0.4, 0.5) is 0 Å². The zero-order valence-corrected chi connectivity index (χ0v) is 32.7. The van der Waals surface area contributed by atoms with Crippen LogP contribution in [0.3, 0.4) is 0 Å². The molecule has 0 aromatic heterocycles. The van der Waals surface area contributed by atoms with Crippen molar-refractivity contribution in [2.75, 3.05) is 39.3 Å². The number of rotatable bonds is 10. The highest BCUT2D eigenvalue weighted by Gasteiger charge is 2.32. The number of ether oxygens (including phenoxy) is 2. The van der Waals surface area contributed by atoms with Gasteiger partial charge in [0, 0.05) is 116 Å². The lowest BCUT2D eigenvalue weighted by Gasteiger charge is -2.20. The zero-order chi connectivity index (χ0) is 32.6. The third-order valence-electron chi connectivity index (χ3n) is 5.21. The molecule has 0 heterocycles. The Morgan fingerprint density at radius 2 is 1.63 bits per heavy atom. The second-order valence-electron chi connectivity index (χ2n) is 7.98. The monoisotopic (exact) mass is 819 g/mol. The lowest BCUT2D eigenvalue weighted by atomic mass is 9.91. The Kier molecular flexibility index (Phi) is 20.2. The summed E-state index contributed by atoms with van der Waals surface area (Å²) in [6, 6.07) is 2.41. The van der Waals surface area contributed by atoms with Crippen LogP contribution in [0.5, 0.6) is 5.75 Å². The molecule has 0 N–H and O–H groups in total. The van der Waals surface area contributed by atoms with Gasteiger partial charge in [0.1, 0.15) is 4.90 Å². The van der Waals surface area contributed by atoms with Crippen LogP contribution in [0.1, 0.15) is 36.5 Å². The number of hydrogen-bond acceptors (Lipinski definition) is 11. The van der Waals surface area contributed by atoms with E-state index in [0.29, 0.717) is 17.7 Å². The van der Waals surface area contributed by atoms with Crippen LogP contribution in [0.15, 0.2) is 27.5 Å². The maximum Gasteiger partial charge on any atom is 0.315 e. The standard InChI is InChI=1S/C22H26ClNO8S2.S9/c1-5-34(29,30)16-10-9-13(20(23)22(16)32-11-17(26)24(2)3)21(28)19-14(25)7-6-8-15(19)33-12-18(27)31-4;1-3-5-7-9-8-6-4-2/h9-10H,5-8,11-12H2,1-4H3;. The summed E-state index contributed by atoms with van der Waals surface area (Å²) in [7, 11) is 11.3. The number of sulfone groups is 1. The number of carbonyl (C=O) groups is 4. The summed E-state index contributed by atoms with van der Waals surface area (Å²) < 4.78 is 35.3. The smallest absolute Gasteiger partial charge is 0.315 e. The number of likely N-dealkylation sites (N-methyl/N-ethyl adjacent to an activating group) is 1. The molecular formula is C22H26ClNO8S11. The number of amides is 1. The van der Waals surface area contributed by atoms with Crippen molar-refractivity contribution < 1.29 is 37.1 Å². The van der Waals surface area contributed by atoms with Crippen molar-refractivity contribution in [1.29, 1.82) is 0 Å². The second-order valence-corrected chi connectivity index (χ2v) is 24.1. The Morgan fingerprint density at radius 3 is 2.16 bits per heavy atom. The van der Waals surface area contributed by atoms with Crippen LogP contribution in [0, 0.1) is 0 Å². The first-order valence-corrected chi connectivity index (χ1v) is 25.3. The van der Waals surface area contributed by atoms with Gasteiger partial charge in [-0.1, -0.05) is 18.5 Å². The summed E-state index contributed by atoms with van der Waals surface area (Å²) in [4.78, 5) is 51.1. The van der Waals surface area contributed by atoms with Gasteiger partial charge in [-0.3, -0.25) is 19.2 Å². The quantitative estimate of drug-likeness (QED) is 0.197. The minimum Gasteiger partial charge on any atom is -0.481 e. The predicted molar refractivity (Wildman–Crippen MR) is 194 cm³/mol. The number of halogens is 1. The van der Waals surface area contributed by atoms with Crippen molar-refractivity contribution in [3.05, 3.63) is 33.2 Å². The van der Waals surface area contributed by atoms with E-state index < -0.39 is 39.9 Å². The highest BCUT2D eigenvalue weighted by Crippen LogP contribution is 2.39. The van der Waals surface area contributed by atoms with Crippen LogP contribution in [0.25, 0.3) is 0 Å². The fraction of sp³-hybridized carbons (Fsp3) is 0.455. The topological polar surface area (TPSA) is 124 Å². The van der Waals surface area contributed by atoms with Crippen molar-refractivity contribution in [3.63, 3.8) is 0 Å². The first kappa shape index (κ1) is 40.6. The zero-order valence-electron chi connectivity index (χ0n) is 23.0. The van der Waals surface area contributed by atoms with Crippen molar-refractivity contribution in [2.45, 2.75) is 31.1 Å². The molecule has 0 atom stereocenters. The molecule has 1 aliphatic carbocycles. The van der Waals surface area contributed by atoms with E-state index in [1.165, 1.54) is 62.9 Å². The molecule has 1 aliphatic rings. The van der Waals surface area contributed by atoms with E-state index in [9.17, 15) is 27.6 Å². The molecule has 1 aromatic rings. The number of benzene rings is 1. The number of allylic oxidation sites excluding steroid dienone is 2. The Morgan fingerprint density at radius 1 is 1.02 bits per heavy atom. The van der Waals surface area contributed by atoms with E-state index >= 15 is 0 Å². The van der Waals surface area contributed by atoms with Crippen molar-refractivity contribution in [3.8, 4) is 5.75 Å². The molecule has 240 valence electrons. The van der Waals surface area contributed by atoms with Gasteiger partial charge in [-0.15, -0.1) is 11.8 Å². The Hall–Kier alpha value is -0.390. The van der Waals surface area contributed by atoms with Crippen LogP contribution in [0.2, 0.25) is 5.02 Å². The van der Waals surface area contributed by atoms with Crippen LogP contribution in [-0.2, 0) is 113 Å². The number of esters is 1. The third-order valence-corrected chi connectivity index (χ3v) is 21.8. The molecule has 0 fully saturated rings. The summed E-state index contributed by atoms with van der Waals surface area (Å²) in [5, 5.41) is -0.311. The normalized spacial score (nSPS) is 12.5. The average Bonchev–Trinajstić information content (AvgIpc) is 2.98. The maximum atomic E-state index is 13.4. The minimum atomic E-state index is -3.81. The summed E-state index contributed by atoms with van der Waals surface area (Å²) in [5.74, 6) is -2.70. The summed E-state index contributed by atoms with van der Waals surface area (Å²) in [6.45, 7) is 0.936. The molecule has 2 rings (SSSR count). The van der Waals surface area contributed by atoms with Crippen LogP contribution < -0.4 is 4.74 Å². The van der Waals surface area contributed by atoms with Gasteiger partial charge in [0.15, 0.2) is 33.8 Å². The second kappa shape index (κ2) is 21.4. The van der Waals surface area contributed by atoms with E-state index in [4.69, 9.17) is 16.3 Å². The summed E-state index contributed by atoms with van der Waals surface area (Å²) >= 11 is 16.8. The Balaban J connectivity index is 0.000000887. The SMILES string of the molecule is CCS(=O)(=O)c1ccc(C(=O)C2=C(SCC(=O)OC)CCCC2=O)c(Cl)c1OCC(=O)N(C)C.S=S=S=S=S=S=S=S=S. The lowest BCUT2D eigenvalue weighted by molar-refractivity contribution is -0.137. The minimum absolute atomic E-state index is 0.0711. The van der Waals surface area contributed by atoms with Crippen molar-refractivity contribution in [1.82, 2.24) is 4.90 Å². The molecule has 0 unspecified atom stereocenters. The molecule has 1 amide bonds. The van der Waals surface area contributed by atoms with Crippen molar-refractivity contribution in [2.24, 2.45) is 0 Å². The van der Waals surface area contributed by atoms with E-state index in [0.717, 1.165) is 11.8 Å². The average molecular weight is 821 g/mol. The van der Waals surface area contributed by atoms with Gasteiger partial charge in [0.05, 0.1) is 29.2 Å². The van der Waals surface area contributed by atoms with Crippen molar-refractivity contribution >= 4 is 141 Å². The molecule has 9 nitrogen and oxygen atoms in total. The maximum absolute atomic E-state index is 13.4. The number of nitrogens with zero attached hydrogens (tertiary/aromatic N) is 1. The van der Waals surface area contributed by atoms with Gasteiger partial charge in [-0.05, 0) is 25.0 Å². The van der Waals surface area contributed by atoms with E-state index in [2.05, 4.69) is 27.1 Å². The highest BCUT2D eigenvalue weighted by atomic mass is 35.5. The number of hydrogen-bond donors (Lipinski definition) is 0. The molecule has 21 heteroatoms. The molecule has 0 spiro atoms. The number of methoxy groups -OCH3 is 1. The molecule has 0 aliphatic heterocycles. The van der Waals surface area contributed by atoms with Crippen LogP contribution >= 0.6 is 23.4 Å². The Labute approximate surface area is 289 Å². The summed E-state index contributed by atoms with van der Waals surface area (Å²) in [5.41, 5.74) is -0.228. The first-order chi connectivity index (χ1) is 20.4. The summed E-state index contributed by atoms with van der Waals surface area (Å²) in [6.07, 6.45) is 1.11. The molecule has 0 radical (unpaired) electrons. The van der Waals surface area contributed by atoms with E-state index in [-0.39, 0.29) is 44.7 Å². The Bertz CT molecular complexity index is 1670. The van der Waals surface area contributed by atoms with E-state index in [1.807, 2.05) is 0 Å². The van der Waals surface area contributed by atoms with Gasteiger partial charge in [0.25, 0.3) is 5.91 Å². The van der Waals surface area contributed by atoms with Gasteiger partial charge in [0.2, 0.25) is 0 Å². The van der Waals surface area contributed by atoms with Gasteiger partial charge < -0.3 is 14.4 Å². The predicted octanol–water partition coefficient (Wildman–Crippen LogP) is 2.68. The number of carbonyl (C=O) groups excluding carboxylic acids is 4.